The molecule has 0 unspecified atom stereocenters. The van der Waals surface area contributed by atoms with E-state index in [-0.39, 0.29) is 23.5 Å². The number of carbonyl (C=O) groups is 2. The van der Waals surface area contributed by atoms with E-state index in [0.717, 1.165) is 25.7 Å². The van der Waals surface area contributed by atoms with Crippen molar-refractivity contribution in [1.29, 1.82) is 0 Å². The lowest BCUT2D eigenvalue weighted by atomic mass is 9.82. The van der Waals surface area contributed by atoms with Crippen molar-refractivity contribution in [3.63, 3.8) is 0 Å². The molecule has 1 spiro atoms. The van der Waals surface area contributed by atoms with E-state index < -0.39 is 17.3 Å². The number of hydroxylamine groups is 1. The first-order chi connectivity index (χ1) is 14.5. The highest BCUT2D eigenvalue weighted by Gasteiger charge is 2.44. The van der Waals surface area contributed by atoms with Crippen LogP contribution in [0.1, 0.15) is 40.7 Å². The lowest BCUT2D eigenvalue weighted by Gasteiger charge is -2.44. The van der Waals surface area contributed by atoms with Crippen molar-refractivity contribution < 1.29 is 23.9 Å². The molecule has 0 aromatic heterocycles. The number of benzene rings is 2. The first-order valence-electron chi connectivity index (χ1n) is 9.92. The molecule has 7 heteroatoms. The summed E-state index contributed by atoms with van der Waals surface area (Å²) in [5.41, 5.74) is 2.56. The first-order valence-corrected chi connectivity index (χ1v) is 9.92. The van der Waals surface area contributed by atoms with Gasteiger partial charge in [0.2, 0.25) is 0 Å². The summed E-state index contributed by atoms with van der Waals surface area (Å²) in [5.74, 6) is -1.53. The van der Waals surface area contributed by atoms with Crippen LogP contribution in [0.3, 0.4) is 0 Å². The van der Waals surface area contributed by atoms with Crippen molar-refractivity contribution in [2.45, 2.75) is 31.4 Å². The normalized spacial score (nSPS) is 18.3. The van der Waals surface area contributed by atoms with Gasteiger partial charge in [0.25, 0.3) is 5.91 Å². The molecule has 2 heterocycles. The number of likely N-dealkylation sites (tertiary alicyclic amines) is 1. The monoisotopic (exact) mass is 410 g/mol. The van der Waals surface area contributed by atoms with Gasteiger partial charge in [0.15, 0.2) is 17.3 Å². The van der Waals surface area contributed by atoms with Crippen LogP contribution in [-0.2, 0) is 11.3 Å². The standard InChI is InChI=1S/C23H23FN2O4/c24-19-13-17(6-7-21(28)25-29)12-18-20(27)14-23(30-22(18)19)8-10-26(11-9-23)15-16-4-2-1-3-5-16/h1-7,12-13,29H,8-11,14-15H2,(H,25,28)/b7-6+. The number of piperidine rings is 1. The van der Waals surface area contributed by atoms with E-state index in [1.807, 2.05) is 18.2 Å². The number of amides is 1. The zero-order valence-corrected chi connectivity index (χ0v) is 16.4. The molecule has 4 rings (SSSR count). The van der Waals surface area contributed by atoms with Gasteiger partial charge in [-0.05, 0) is 29.3 Å². The second kappa shape index (κ2) is 8.38. The Kier molecular flexibility index (Phi) is 5.65. The summed E-state index contributed by atoms with van der Waals surface area (Å²) in [6.07, 6.45) is 3.91. The second-order valence-electron chi connectivity index (χ2n) is 7.84. The molecule has 2 aliphatic rings. The minimum Gasteiger partial charge on any atom is -0.483 e. The Morgan fingerprint density at radius 2 is 1.97 bits per heavy atom. The molecule has 0 bridgehead atoms. The highest BCUT2D eigenvalue weighted by atomic mass is 19.1. The average Bonchev–Trinajstić information content (AvgIpc) is 2.75. The Labute approximate surface area is 173 Å². The van der Waals surface area contributed by atoms with E-state index in [1.54, 1.807) is 0 Å². The fourth-order valence-electron chi connectivity index (χ4n) is 4.11. The molecule has 1 amide bonds. The minimum absolute atomic E-state index is 0.00785. The van der Waals surface area contributed by atoms with Crippen molar-refractivity contribution in [3.8, 4) is 5.75 Å². The molecule has 1 fully saturated rings. The molecule has 1 saturated heterocycles. The molecule has 0 atom stereocenters. The maximum atomic E-state index is 14.7. The number of rotatable bonds is 4. The van der Waals surface area contributed by atoms with E-state index >= 15 is 0 Å². The summed E-state index contributed by atoms with van der Waals surface area (Å²) < 4.78 is 20.8. The molecule has 156 valence electrons. The van der Waals surface area contributed by atoms with Crippen LogP contribution >= 0.6 is 0 Å². The fraction of sp³-hybridized carbons (Fsp3) is 0.304. The maximum Gasteiger partial charge on any atom is 0.267 e. The molecular formula is C23H23FN2O4. The van der Waals surface area contributed by atoms with Crippen molar-refractivity contribution in [3.05, 3.63) is 71.0 Å². The fourth-order valence-corrected chi connectivity index (χ4v) is 4.11. The quantitative estimate of drug-likeness (QED) is 0.459. The minimum atomic E-state index is -0.739. The van der Waals surface area contributed by atoms with Gasteiger partial charge in [-0.15, -0.1) is 0 Å². The topological polar surface area (TPSA) is 78.9 Å². The van der Waals surface area contributed by atoms with E-state index in [4.69, 9.17) is 9.94 Å². The van der Waals surface area contributed by atoms with Gasteiger partial charge < -0.3 is 4.74 Å². The molecular weight excluding hydrogens is 387 g/mol. The van der Waals surface area contributed by atoms with Crippen molar-refractivity contribution >= 4 is 17.8 Å². The molecule has 30 heavy (non-hydrogen) atoms. The van der Waals surface area contributed by atoms with Gasteiger partial charge in [-0.1, -0.05) is 30.3 Å². The SMILES string of the molecule is O=C(/C=C/c1cc(F)c2c(c1)C(=O)CC1(CCN(Cc3ccccc3)CC1)O2)NO. The largest absolute Gasteiger partial charge is 0.483 e. The number of ether oxygens (including phenoxy) is 1. The van der Waals surface area contributed by atoms with Gasteiger partial charge in [-0.3, -0.25) is 19.7 Å². The molecule has 0 saturated carbocycles. The summed E-state index contributed by atoms with van der Waals surface area (Å²) in [5, 5.41) is 8.54. The van der Waals surface area contributed by atoms with Gasteiger partial charge in [-0.25, -0.2) is 9.87 Å². The van der Waals surface area contributed by atoms with Crippen LogP contribution in [-0.4, -0.2) is 40.5 Å². The number of nitrogens with zero attached hydrogens (tertiary/aromatic N) is 1. The summed E-state index contributed by atoms with van der Waals surface area (Å²) in [6, 6.07) is 12.9. The zero-order chi connectivity index (χ0) is 21.1. The van der Waals surface area contributed by atoms with Crippen molar-refractivity contribution in [2.24, 2.45) is 0 Å². The predicted octanol–water partition coefficient (Wildman–Crippen LogP) is 3.34. The molecule has 2 aromatic rings. The Hall–Kier alpha value is -3.03. The molecule has 2 aliphatic heterocycles. The smallest absolute Gasteiger partial charge is 0.267 e. The summed E-state index contributed by atoms with van der Waals surface area (Å²) in [4.78, 5) is 26.3. The van der Waals surface area contributed by atoms with Crippen LogP contribution < -0.4 is 10.2 Å². The van der Waals surface area contributed by atoms with Crippen LogP contribution in [0.2, 0.25) is 0 Å². The molecule has 2 aromatic carbocycles. The van der Waals surface area contributed by atoms with Gasteiger partial charge >= 0.3 is 0 Å². The third-order valence-electron chi connectivity index (χ3n) is 5.72. The van der Waals surface area contributed by atoms with Crippen LogP contribution in [0.4, 0.5) is 4.39 Å². The number of Topliss-reactive ketones (excluding diaryl/α,β-unsaturated/α-hetero) is 1. The lowest BCUT2D eigenvalue weighted by molar-refractivity contribution is -0.124. The van der Waals surface area contributed by atoms with Gasteiger partial charge in [-0.2, -0.15) is 0 Å². The summed E-state index contributed by atoms with van der Waals surface area (Å²) >= 11 is 0. The van der Waals surface area contributed by atoms with Crippen molar-refractivity contribution in [2.75, 3.05) is 13.1 Å². The highest BCUT2D eigenvalue weighted by molar-refractivity contribution is 6.01. The van der Waals surface area contributed by atoms with Crippen LogP contribution in [0, 0.1) is 5.82 Å². The molecule has 0 radical (unpaired) electrons. The maximum absolute atomic E-state index is 14.7. The summed E-state index contributed by atoms with van der Waals surface area (Å²) in [6.45, 7) is 2.39. The first kappa shape index (κ1) is 20.3. The number of ketones is 1. The molecule has 0 aliphatic carbocycles. The number of carbonyl (C=O) groups excluding carboxylic acids is 2. The van der Waals surface area contributed by atoms with Crippen LogP contribution in [0.15, 0.2) is 48.5 Å². The number of hydrogen-bond acceptors (Lipinski definition) is 5. The Morgan fingerprint density at radius 3 is 2.67 bits per heavy atom. The number of fused-ring (bicyclic) bond motifs is 1. The number of hydrogen-bond donors (Lipinski definition) is 2. The number of nitrogens with one attached hydrogen (secondary N) is 1. The van der Waals surface area contributed by atoms with Crippen molar-refractivity contribution in [1.82, 2.24) is 10.4 Å². The van der Waals surface area contributed by atoms with Gasteiger partial charge in [0, 0.05) is 38.6 Å². The Balaban J connectivity index is 1.48. The number of halogens is 1. The average molecular weight is 410 g/mol. The Morgan fingerprint density at radius 1 is 1.23 bits per heavy atom. The molecule has 6 nitrogen and oxygen atoms in total. The van der Waals surface area contributed by atoms with E-state index in [1.165, 1.54) is 29.3 Å². The van der Waals surface area contributed by atoms with Gasteiger partial charge in [0.05, 0.1) is 12.0 Å². The molecule has 2 N–H and O–H groups in total. The summed E-state index contributed by atoms with van der Waals surface area (Å²) in [7, 11) is 0. The lowest BCUT2D eigenvalue weighted by Crippen LogP contribution is -2.51. The Bertz CT molecular complexity index is 982. The third-order valence-corrected chi connectivity index (χ3v) is 5.72. The highest BCUT2D eigenvalue weighted by Crippen LogP contribution is 2.41. The van der Waals surface area contributed by atoms with Crippen LogP contribution in [0.25, 0.3) is 6.08 Å². The zero-order valence-electron chi connectivity index (χ0n) is 16.4. The van der Waals surface area contributed by atoms with E-state index in [0.29, 0.717) is 18.4 Å². The van der Waals surface area contributed by atoms with E-state index in [9.17, 15) is 14.0 Å². The predicted molar refractivity (Wildman–Crippen MR) is 109 cm³/mol. The van der Waals surface area contributed by atoms with E-state index in [2.05, 4.69) is 17.0 Å². The third kappa shape index (κ3) is 4.27. The van der Waals surface area contributed by atoms with Crippen LogP contribution in [0.5, 0.6) is 5.75 Å². The second-order valence-corrected chi connectivity index (χ2v) is 7.84. The van der Waals surface area contributed by atoms with Gasteiger partial charge in [0.1, 0.15) is 5.60 Å².